The van der Waals surface area contributed by atoms with Crippen LogP contribution in [0.4, 0.5) is 0 Å². The van der Waals surface area contributed by atoms with Crippen molar-refractivity contribution in [3.63, 3.8) is 0 Å². The first-order valence-electron chi connectivity index (χ1n) is 4.63. The Morgan fingerprint density at radius 1 is 1.31 bits per heavy atom. The molecule has 0 radical (unpaired) electrons. The first-order valence-corrected chi connectivity index (χ1v) is 4.63. The molecule has 2 unspecified atom stereocenters. The van der Waals surface area contributed by atoms with E-state index in [1.807, 2.05) is 30.3 Å². The van der Waals surface area contributed by atoms with Gasteiger partial charge in [-0.15, -0.1) is 0 Å². The van der Waals surface area contributed by atoms with E-state index in [9.17, 15) is 0 Å². The average Bonchev–Trinajstić information content (AvgIpc) is 2.20. The summed E-state index contributed by atoms with van der Waals surface area (Å²) in [6, 6.07) is 10.2. The van der Waals surface area contributed by atoms with Gasteiger partial charge >= 0.3 is 0 Å². The molecule has 0 heterocycles. The summed E-state index contributed by atoms with van der Waals surface area (Å²) >= 11 is 0. The van der Waals surface area contributed by atoms with E-state index in [0.717, 1.165) is 12.0 Å². The van der Waals surface area contributed by atoms with Crippen molar-refractivity contribution in [1.29, 1.82) is 0 Å². The molecule has 1 aromatic rings. The number of benzene rings is 1. The van der Waals surface area contributed by atoms with Gasteiger partial charge in [0.2, 0.25) is 0 Å². The van der Waals surface area contributed by atoms with Crippen LogP contribution in [0.5, 0.6) is 0 Å². The average molecular weight is 179 g/mol. The van der Waals surface area contributed by atoms with E-state index in [-0.39, 0.29) is 12.1 Å². The molecule has 2 atom stereocenters. The van der Waals surface area contributed by atoms with Crippen LogP contribution in [0.25, 0.3) is 0 Å². The first-order chi connectivity index (χ1) is 6.29. The highest BCUT2D eigenvalue weighted by atomic mass is 16.5. The van der Waals surface area contributed by atoms with Gasteiger partial charge in [0.25, 0.3) is 0 Å². The molecule has 0 amide bonds. The van der Waals surface area contributed by atoms with E-state index in [2.05, 4.69) is 6.92 Å². The Balaban J connectivity index is 2.78. The molecule has 0 fully saturated rings. The predicted molar refractivity (Wildman–Crippen MR) is 54.5 cm³/mol. The van der Waals surface area contributed by atoms with Crippen molar-refractivity contribution in [3.8, 4) is 0 Å². The molecule has 1 rings (SSSR count). The minimum atomic E-state index is 0.0196. The van der Waals surface area contributed by atoms with E-state index in [0.29, 0.717) is 0 Å². The second-order valence-electron chi connectivity index (χ2n) is 3.14. The van der Waals surface area contributed by atoms with Crippen molar-refractivity contribution in [2.45, 2.75) is 25.5 Å². The van der Waals surface area contributed by atoms with Gasteiger partial charge in [-0.1, -0.05) is 37.3 Å². The van der Waals surface area contributed by atoms with Crippen LogP contribution < -0.4 is 5.73 Å². The Kier molecular flexibility index (Phi) is 3.93. The van der Waals surface area contributed by atoms with Crippen LogP contribution in [-0.4, -0.2) is 13.2 Å². The minimum Gasteiger partial charge on any atom is -0.375 e. The van der Waals surface area contributed by atoms with Crippen LogP contribution in [0, 0.1) is 0 Å². The third kappa shape index (κ3) is 2.54. The van der Waals surface area contributed by atoms with Crippen LogP contribution in [0.2, 0.25) is 0 Å². The van der Waals surface area contributed by atoms with Crippen molar-refractivity contribution >= 4 is 0 Å². The smallest absolute Gasteiger partial charge is 0.0971 e. The summed E-state index contributed by atoms with van der Waals surface area (Å²) in [4.78, 5) is 0. The number of rotatable bonds is 4. The zero-order valence-corrected chi connectivity index (χ0v) is 8.23. The van der Waals surface area contributed by atoms with Crippen molar-refractivity contribution in [1.82, 2.24) is 0 Å². The van der Waals surface area contributed by atoms with Crippen LogP contribution in [-0.2, 0) is 4.74 Å². The Labute approximate surface area is 79.7 Å². The molecule has 2 heteroatoms. The highest BCUT2D eigenvalue weighted by Crippen LogP contribution is 2.20. The molecule has 0 spiro atoms. The van der Waals surface area contributed by atoms with Crippen molar-refractivity contribution in [2.24, 2.45) is 5.73 Å². The first kappa shape index (κ1) is 10.2. The monoisotopic (exact) mass is 179 g/mol. The van der Waals surface area contributed by atoms with Crippen molar-refractivity contribution in [3.05, 3.63) is 35.9 Å². The van der Waals surface area contributed by atoms with Gasteiger partial charge in [-0.25, -0.2) is 0 Å². The SMILES string of the molecule is CCC(N)C(OC)c1ccccc1. The van der Waals surface area contributed by atoms with Gasteiger partial charge in [-0.2, -0.15) is 0 Å². The molecule has 0 bridgehead atoms. The normalized spacial score (nSPS) is 15.3. The number of ether oxygens (including phenoxy) is 1. The molecular weight excluding hydrogens is 162 g/mol. The highest BCUT2D eigenvalue weighted by molar-refractivity contribution is 5.18. The summed E-state index contributed by atoms with van der Waals surface area (Å²) < 4.78 is 5.36. The Morgan fingerprint density at radius 2 is 1.92 bits per heavy atom. The Bertz CT molecular complexity index is 235. The van der Waals surface area contributed by atoms with Crippen molar-refractivity contribution in [2.75, 3.05) is 7.11 Å². The van der Waals surface area contributed by atoms with E-state index in [1.54, 1.807) is 7.11 Å². The van der Waals surface area contributed by atoms with Gasteiger partial charge < -0.3 is 10.5 Å². The zero-order chi connectivity index (χ0) is 9.68. The number of hydrogen-bond donors (Lipinski definition) is 1. The molecule has 0 saturated carbocycles. The lowest BCUT2D eigenvalue weighted by atomic mass is 10.0. The van der Waals surface area contributed by atoms with Crippen LogP contribution >= 0.6 is 0 Å². The van der Waals surface area contributed by atoms with Gasteiger partial charge in [0.05, 0.1) is 6.10 Å². The van der Waals surface area contributed by atoms with Crippen molar-refractivity contribution < 1.29 is 4.74 Å². The Hall–Kier alpha value is -0.860. The maximum Gasteiger partial charge on any atom is 0.0971 e. The van der Waals surface area contributed by atoms with E-state index < -0.39 is 0 Å². The van der Waals surface area contributed by atoms with E-state index in [4.69, 9.17) is 10.5 Å². The third-order valence-electron chi connectivity index (χ3n) is 2.24. The summed E-state index contributed by atoms with van der Waals surface area (Å²) in [5.74, 6) is 0. The van der Waals surface area contributed by atoms with Gasteiger partial charge in [0.1, 0.15) is 0 Å². The number of hydrogen-bond acceptors (Lipinski definition) is 2. The predicted octanol–water partition coefficient (Wildman–Crippen LogP) is 2.11. The molecule has 2 N–H and O–H groups in total. The largest absolute Gasteiger partial charge is 0.375 e. The lowest BCUT2D eigenvalue weighted by Crippen LogP contribution is -2.28. The standard InChI is InChI=1S/C11H17NO/c1-3-10(12)11(13-2)9-7-5-4-6-8-9/h4-8,10-11H,3,12H2,1-2H3. The number of methoxy groups -OCH3 is 1. The molecule has 2 nitrogen and oxygen atoms in total. The fourth-order valence-corrected chi connectivity index (χ4v) is 1.41. The summed E-state index contributed by atoms with van der Waals surface area (Å²) in [5, 5.41) is 0. The maximum absolute atomic E-state index is 5.93. The molecule has 0 aromatic heterocycles. The number of nitrogens with two attached hydrogens (primary N) is 1. The fourth-order valence-electron chi connectivity index (χ4n) is 1.41. The second-order valence-corrected chi connectivity index (χ2v) is 3.14. The fraction of sp³-hybridized carbons (Fsp3) is 0.455. The quantitative estimate of drug-likeness (QED) is 0.768. The van der Waals surface area contributed by atoms with Gasteiger partial charge in [0, 0.05) is 13.2 Å². The summed E-state index contributed by atoms with van der Waals surface area (Å²) in [7, 11) is 1.70. The lowest BCUT2D eigenvalue weighted by Gasteiger charge is -2.21. The van der Waals surface area contributed by atoms with Gasteiger partial charge in [0.15, 0.2) is 0 Å². The van der Waals surface area contributed by atoms with E-state index >= 15 is 0 Å². The molecular formula is C11H17NO. The van der Waals surface area contributed by atoms with Gasteiger partial charge in [-0.05, 0) is 12.0 Å². The molecule has 72 valence electrons. The lowest BCUT2D eigenvalue weighted by molar-refractivity contribution is 0.0791. The topological polar surface area (TPSA) is 35.2 Å². The third-order valence-corrected chi connectivity index (χ3v) is 2.24. The molecule has 13 heavy (non-hydrogen) atoms. The summed E-state index contributed by atoms with van der Waals surface area (Å²) in [5.41, 5.74) is 7.09. The molecule has 1 aromatic carbocycles. The second kappa shape index (κ2) is 5.00. The molecule has 0 aliphatic carbocycles. The minimum absolute atomic E-state index is 0.0196. The molecule has 0 aliphatic rings. The van der Waals surface area contributed by atoms with Gasteiger partial charge in [-0.3, -0.25) is 0 Å². The summed E-state index contributed by atoms with van der Waals surface area (Å²) in [6.45, 7) is 2.07. The molecule has 0 saturated heterocycles. The maximum atomic E-state index is 5.93. The van der Waals surface area contributed by atoms with Crippen LogP contribution in [0.1, 0.15) is 25.0 Å². The Morgan fingerprint density at radius 3 is 2.38 bits per heavy atom. The van der Waals surface area contributed by atoms with E-state index in [1.165, 1.54) is 0 Å². The summed E-state index contributed by atoms with van der Waals surface area (Å²) in [6.07, 6.45) is 0.944. The zero-order valence-electron chi connectivity index (χ0n) is 8.23. The highest BCUT2D eigenvalue weighted by Gasteiger charge is 2.16. The van der Waals surface area contributed by atoms with Crippen LogP contribution in [0.15, 0.2) is 30.3 Å². The molecule has 0 aliphatic heterocycles. The van der Waals surface area contributed by atoms with Crippen LogP contribution in [0.3, 0.4) is 0 Å².